The van der Waals surface area contributed by atoms with Crippen LogP contribution in [0.3, 0.4) is 0 Å². The van der Waals surface area contributed by atoms with Gasteiger partial charge in [-0.1, -0.05) is 40.2 Å². The van der Waals surface area contributed by atoms with Gasteiger partial charge >= 0.3 is 0 Å². The monoisotopic (exact) mass is 336 g/mol. The standard InChI is InChI=1S/C13H9BrN2O4/c14-8-12-11(5-2-6-13(12)16(19)20)9-3-1-4-10(7-9)15(17)18/h1-7H,8H2. The van der Waals surface area contributed by atoms with Crippen LogP contribution in [0.5, 0.6) is 0 Å². The molecule has 20 heavy (non-hydrogen) atoms. The van der Waals surface area contributed by atoms with E-state index in [1.807, 2.05) is 0 Å². The van der Waals surface area contributed by atoms with E-state index in [0.717, 1.165) is 0 Å². The normalized spacial score (nSPS) is 10.2. The molecular formula is C13H9BrN2O4. The molecule has 0 unspecified atom stereocenters. The predicted molar refractivity (Wildman–Crippen MR) is 77.8 cm³/mol. The molecule has 0 bridgehead atoms. The summed E-state index contributed by atoms with van der Waals surface area (Å²) in [6, 6.07) is 10.7. The quantitative estimate of drug-likeness (QED) is 0.478. The maximum Gasteiger partial charge on any atom is 0.274 e. The Morgan fingerprint density at radius 1 is 1.00 bits per heavy atom. The molecule has 6 nitrogen and oxygen atoms in total. The van der Waals surface area contributed by atoms with E-state index in [1.54, 1.807) is 24.3 Å². The molecule has 0 aromatic heterocycles. The van der Waals surface area contributed by atoms with Crippen LogP contribution in [0.15, 0.2) is 42.5 Å². The SMILES string of the molecule is O=[N+]([O-])c1cccc(-c2cccc([N+](=O)[O-])c2CBr)c1. The molecule has 0 atom stereocenters. The fourth-order valence-corrected chi connectivity index (χ4v) is 2.53. The van der Waals surface area contributed by atoms with Gasteiger partial charge in [0.15, 0.2) is 0 Å². The third-order valence-electron chi connectivity index (χ3n) is 2.85. The predicted octanol–water partition coefficient (Wildman–Crippen LogP) is 4.06. The Morgan fingerprint density at radius 3 is 2.30 bits per heavy atom. The van der Waals surface area contributed by atoms with Crippen LogP contribution in [-0.2, 0) is 5.33 Å². The highest BCUT2D eigenvalue weighted by molar-refractivity contribution is 9.08. The van der Waals surface area contributed by atoms with Gasteiger partial charge in [0.2, 0.25) is 0 Å². The van der Waals surface area contributed by atoms with Gasteiger partial charge in [0, 0.05) is 29.1 Å². The first-order chi connectivity index (χ1) is 9.54. The Hall–Kier alpha value is -2.28. The summed E-state index contributed by atoms with van der Waals surface area (Å²) in [6.07, 6.45) is 0. The van der Waals surface area contributed by atoms with Crippen molar-refractivity contribution in [2.24, 2.45) is 0 Å². The highest BCUT2D eigenvalue weighted by atomic mass is 79.9. The molecule has 0 heterocycles. The van der Waals surface area contributed by atoms with Crippen molar-refractivity contribution in [3.63, 3.8) is 0 Å². The first-order valence-electron chi connectivity index (χ1n) is 5.61. The highest BCUT2D eigenvalue weighted by Gasteiger charge is 2.18. The Morgan fingerprint density at radius 2 is 1.70 bits per heavy atom. The van der Waals surface area contributed by atoms with E-state index in [9.17, 15) is 20.2 Å². The summed E-state index contributed by atoms with van der Waals surface area (Å²) in [7, 11) is 0. The van der Waals surface area contributed by atoms with Crippen LogP contribution in [0.4, 0.5) is 11.4 Å². The van der Waals surface area contributed by atoms with E-state index in [4.69, 9.17) is 0 Å². The van der Waals surface area contributed by atoms with Crippen LogP contribution in [0.1, 0.15) is 5.56 Å². The Labute approximate surface area is 122 Å². The number of nitro benzene ring substituents is 2. The topological polar surface area (TPSA) is 86.3 Å². The largest absolute Gasteiger partial charge is 0.274 e. The zero-order valence-corrected chi connectivity index (χ0v) is 11.7. The lowest BCUT2D eigenvalue weighted by atomic mass is 9.99. The van der Waals surface area contributed by atoms with Crippen LogP contribution in [0, 0.1) is 20.2 Å². The third kappa shape index (κ3) is 2.67. The van der Waals surface area contributed by atoms with Crippen LogP contribution >= 0.6 is 15.9 Å². The minimum atomic E-state index is -0.491. The van der Waals surface area contributed by atoms with E-state index >= 15 is 0 Å². The number of hydrogen-bond donors (Lipinski definition) is 0. The maximum absolute atomic E-state index is 11.0. The molecule has 2 rings (SSSR count). The van der Waals surface area contributed by atoms with Gasteiger partial charge in [0.05, 0.1) is 9.85 Å². The summed E-state index contributed by atoms with van der Waals surface area (Å²) >= 11 is 3.23. The highest BCUT2D eigenvalue weighted by Crippen LogP contribution is 2.33. The van der Waals surface area contributed by atoms with Crippen LogP contribution < -0.4 is 0 Å². The summed E-state index contributed by atoms with van der Waals surface area (Å²) < 4.78 is 0. The van der Waals surface area contributed by atoms with Crippen molar-refractivity contribution >= 4 is 27.3 Å². The second kappa shape index (κ2) is 5.79. The number of alkyl halides is 1. The number of halogens is 1. The Kier molecular flexibility index (Phi) is 4.09. The lowest BCUT2D eigenvalue weighted by Gasteiger charge is -2.08. The molecular weight excluding hydrogens is 328 g/mol. The van der Waals surface area contributed by atoms with Crippen molar-refractivity contribution in [3.05, 3.63) is 68.3 Å². The van der Waals surface area contributed by atoms with Gasteiger partial charge < -0.3 is 0 Å². The number of hydrogen-bond acceptors (Lipinski definition) is 4. The molecule has 102 valence electrons. The Bertz CT molecular complexity index is 688. The average molecular weight is 337 g/mol. The van der Waals surface area contributed by atoms with Crippen LogP contribution in [-0.4, -0.2) is 9.85 Å². The first-order valence-corrected chi connectivity index (χ1v) is 6.74. The second-order valence-corrected chi connectivity index (χ2v) is 4.56. The average Bonchev–Trinajstić information content (AvgIpc) is 2.46. The van der Waals surface area contributed by atoms with Gasteiger partial charge in [-0.25, -0.2) is 0 Å². The number of nitrogens with zero attached hydrogens (tertiary/aromatic N) is 2. The van der Waals surface area contributed by atoms with E-state index in [1.165, 1.54) is 18.2 Å². The van der Waals surface area contributed by atoms with E-state index in [2.05, 4.69) is 15.9 Å². The fourth-order valence-electron chi connectivity index (χ4n) is 1.94. The van der Waals surface area contributed by atoms with Gasteiger partial charge in [-0.2, -0.15) is 0 Å². The Balaban J connectivity index is 2.63. The van der Waals surface area contributed by atoms with Crippen LogP contribution in [0.2, 0.25) is 0 Å². The van der Waals surface area contributed by atoms with E-state index in [-0.39, 0.29) is 11.4 Å². The summed E-state index contributed by atoms with van der Waals surface area (Å²) in [4.78, 5) is 20.9. The minimum Gasteiger partial charge on any atom is -0.258 e. The van der Waals surface area contributed by atoms with Gasteiger partial charge in [-0.15, -0.1) is 0 Å². The van der Waals surface area contributed by atoms with Crippen molar-refractivity contribution in [2.75, 3.05) is 0 Å². The minimum absolute atomic E-state index is 0.00844. The third-order valence-corrected chi connectivity index (χ3v) is 3.41. The molecule has 0 amide bonds. The zero-order valence-electron chi connectivity index (χ0n) is 10.2. The van der Waals surface area contributed by atoms with Gasteiger partial charge in [-0.3, -0.25) is 20.2 Å². The number of benzene rings is 2. The molecule has 0 fully saturated rings. The molecule has 0 aliphatic rings. The summed E-state index contributed by atoms with van der Waals surface area (Å²) in [5.74, 6) is 0. The fraction of sp³-hybridized carbons (Fsp3) is 0.0769. The first kappa shape index (κ1) is 14.1. The maximum atomic E-state index is 11.0. The molecule has 0 spiro atoms. The lowest BCUT2D eigenvalue weighted by molar-refractivity contribution is -0.385. The summed E-state index contributed by atoms with van der Waals surface area (Å²) in [5, 5.41) is 22.1. The number of non-ortho nitro benzene ring substituents is 1. The molecule has 0 saturated carbocycles. The van der Waals surface area contributed by atoms with Gasteiger partial charge in [-0.05, 0) is 11.1 Å². The zero-order chi connectivity index (χ0) is 14.7. The molecule has 0 saturated heterocycles. The van der Waals surface area contributed by atoms with Crippen molar-refractivity contribution < 1.29 is 9.85 Å². The van der Waals surface area contributed by atoms with Gasteiger partial charge in [0.1, 0.15) is 0 Å². The molecule has 2 aromatic rings. The molecule has 7 heteroatoms. The lowest BCUT2D eigenvalue weighted by Crippen LogP contribution is -1.96. The second-order valence-electron chi connectivity index (χ2n) is 4.00. The summed E-state index contributed by atoms with van der Waals surface area (Å²) in [5.41, 5.74) is 1.63. The molecule has 0 N–H and O–H groups in total. The van der Waals surface area contributed by atoms with Crippen molar-refractivity contribution in [2.45, 2.75) is 5.33 Å². The number of nitro groups is 2. The summed E-state index contributed by atoms with van der Waals surface area (Å²) in [6.45, 7) is 0. The molecule has 0 aliphatic carbocycles. The molecule has 2 aromatic carbocycles. The van der Waals surface area contributed by atoms with Gasteiger partial charge in [0.25, 0.3) is 11.4 Å². The van der Waals surface area contributed by atoms with Crippen molar-refractivity contribution in [1.29, 1.82) is 0 Å². The van der Waals surface area contributed by atoms with Crippen LogP contribution in [0.25, 0.3) is 11.1 Å². The van der Waals surface area contributed by atoms with Crippen molar-refractivity contribution in [1.82, 2.24) is 0 Å². The molecule has 0 aliphatic heterocycles. The smallest absolute Gasteiger partial charge is 0.258 e. The molecule has 0 radical (unpaired) electrons. The van der Waals surface area contributed by atoms with E-state index in [0.29, 0.717) is 22.0 Å². The number of rotatable bonds is 4. The van der Waals surface area contributed by atoms with Crippen molar-refractivity contribution in [3.8, 4) is 11.1 Å². The van der Waals surface area contributed by atoms with E-state index < -0.39 is 9.85 Å².